The van der Waals surface area contributed by atoms with E-state index in [9.17, 15) is 15.0 Å². The topological polar surface area (TPSA) is 160 Å². The molecule has 1 rings (SSSR count). The maximum Gasteiger partial charge on any atom is 0.364 e. The maximum absolute atomic E-state index is 10.7. The smallest absolute Gasteiger partial charge is 0.364 e. The van der Waals surface area contributed by atoms with E-state index in [1.165, 1.54) is 0 Å². The number of aliphatic carboxylic acids is 1. The molecule has 0 saturated carbocycles. The Morgan fingerprint density at radius 3 is 2.53 bits per heavy atom. The number of hydrogen-bond donors (Lipinski definition) is 7. The normalized spacial score (nSPS) is 38.4. The van der Waals surface area contributed by atoms with E-state index in [1.807, 2.05) is 0 Å². The van der Waals surface area contributed by atoms with Crippen molar-refractivity contribution in [2.24, 2.45) is 0 Å². The molecule has 1 aliphatic rings. The highest BCUT2D eigenvalue weighted by Crippen LogP contribution is 2.29. The van der Waals surface area contributed by atoms with Crippen LogP contribution in [0.4, 0.5) is 0 Å². The number of carbonyl (C=O) groups is 1. The number of carboxylic acid groups (broad SMARTS) is 1. The lowest BCUT2D eigenvalue weighted by Gasteiger charge is -2.42. The maximum atomic E-state index is 10.7. The molecule has 0 amide bonds. The molecule has 1 heterocycles. The number of aliphatic hydroxyl groups excluding tert-OH is 3. The molecule has 0 aliphatic carbocycles. The van der Waals surface area contributed by atoms with Crippen LogP contribution in [0.3, 0.4) is 0 Å². The van der Waals surface area contributed by atoms with Gasteiger partial charge in [0.1, 0.15) is 6.10 Å². The van der Waals surface area contributed by atoms with Gasteiger partial charge in [0, 0.05) is 6.42 Å². The van der Waals surface area contributed by atoms with Gasteiger partial charge in [-0.15, -0.1) is 0 Å². The summed E-state index contributed by atoms with van der Waals surface area (Å²) in [6.07, 6.45) is -5.81. The van der Waals surface area contributed by atoms with Crippen LogP contribution in [0, 0.1) is 0 Å². The third-order valence-corrected chi connectivity index (χ3v) is 2.54. The highest BCUT2D eigenvalue weighted by atomic mass is 16.7. The van der Waals surface area contributed by atoms with Crippen LogP contribution in [0.1, 0.15) is 6.42 Å². The largest absolute Gasteiger partial charge is 0.477 e. The van der Waals surface area contributed by atoms with Gasteiger partial charge in [-0.1, -0.05) is 0 Å². The Kier molecular flexibility index (Phi) is 4.38. The Labute approximate surface area is 95.9 Å². The summed E-state index contributed by atoms with van der Waals surface area (Å²) in [7, 11) is 0. The van der Waals surface area contributed by atoms with Crippen molar-refractivity contribution in [3.63, 3.8) is 0 Å². The van der Waals surface area contributed by atoms with Crippen LogP contribution in [0.15, 0.2) is 0 Å². The number of rotatable bonds is 4. The van der Waals surface area contributed by atoms with E-state index >= 15 is 0 Å². The molecule has 100 valence electrons. The van der Waals surface area contributed by atoms with Gasteiger partial charge in [-0.25, -0.2) is 4.79 Å². The summed E-state index contributed by atoms with van der Waals surface area (Å²) in [4.78, 5) is 10.7. The fourth-order valence-electron chi connectivity index (χ4n) is 1.72. The monoisotopic (exact) mass is 253 g/mol. The number of carboxylic acids is 1. The molecule has 9 nitrogen and oxygen atoms in total. The predicted molar refractivity (Wildman–Crippen MR) is 50.3 cm³/mol. The molecule has 4 atom stereocenters. The molecular formula is C8H15NO8. The summed E-state index contributed by atoms with van der Waals surface area (Å²) in [6.45, 7) is -0.584. The molecule has 9 heteroatoms. The molecule has 0 spiro atoms. The van der Waals surface area contributed by atoms with E-state index in [-0.39, 0.29) is 0 Å². The Hall–Kier alpha value is -0.810. The van der Waals surface area contributed by atoms with Gasteiger partial charge in [-0.05, 0) is 0 Å². The first-order valence-corrected chi connectivity index (χ1v) is 4.84. The van der Waals surface area contributed by atoms with E-state index < -0.39 is 49.4 Å². The Balaban J connectivity index is 2.91. The van der Waals surface area contributed by atoms with E-state index in [2.05, 4.69) is 10.1 Å². The van der Waals surface area contributed by atoms with Gasteiger partial charge in [-0.2, -0.15) is 0 Å². The van der Waals surface area contributed by atoms with Gasteiger partial charge in [0.2, 0.25) is 0 Å². The molecule has 1 aliphatic heterocycles. The number of ether oxygens (including phenoxy) is 1. The molecular weight excluding hydrogens is 238 g/mol. The van der Waals surface area contributed by atoms with Crippen LogP contribution in [-0.4, -0.2) is 73.7 Å². The zero-order valence-corrected chi connectivity index (χ0v) is 8.72. The van der Waals surface area contributed by atoms with Crippen molar-refractivity contribution in [3.8, 4) is 0 Å². The van der Waals surface area contributed by atoms with Crippen molar-refractivity contribution in [1.29, 1.82) is 0 Å². The van der Waals surface area contributed by atoms with Gasteiger partial charge in [-0.3, -0.25) is 5.32 Å². The molecule has 0 aromatic rings. The second-order valence-electron chi connectivity index (χ2n) is 3.75. The molecule has 17 heavy (non-hydrogen) atoms. The van der Waals surface area contributed by atoms with Gasteiger partial charge < -0.3 is 35.4 Å². The Morgan fingerprint density at radius 1 is 1.53 bits per heavy atom. The van der Waals surface area contributed by atoms with Crippen molar-refractivity contribution in [2.45, 2.75) is 36.7 Å². The third kappa shape index (κ3) is 2.90. The summed E-state index contributed by atoms with van der Waals surface area (Å²) in [5.41, 5.74) is 0. The quantitative estimate of drug-likeness (QED) is 0.249. The molecule has 7 N–H and O–H groups in total. The summed E-state index contributed by atoms with van der Waals surface area (Å²) in [6, 6.07) is -1.11. The van der Waals surface area contributed by atoms with Gasteiger partial charge in [0.05, 0.1) is 18.9 Å². The number of nitrogens with one attached hydrogen (secondary N) is 1. The Bertz CT molecular complexity index is 285. The van der Waals surface area contributed by atoms with Crippen molar-refractivity contribution in [2.75, 3.05) is 6.73 Å². The summed E-state index contributed by atoms with van der Waals surface area (Å²) in [5, 5.41) is 56.8. The minimum atomic E-state index is -2.69. The van der Waals surface area contributed by atoms with E-state index in [4.69, 9.17) is 20.4 Å². The minimum Gasteiger partial charge on any atom is -0.477 e. The molecule has 1 saturated heterocycles. The molecule has 0 bridgehead atoms. The molecule has 0 aromatic heterocycles. The Morgan fingerprint density at radius 2 is 2.12 bits per heavy atom. The number of hydrogen-bond acceptors (Lipinski definition) is 8. The first kappa shape index (κ1) is 14.3. The highest BCUT2D eigenvalue weighted by molar-refractivity contribution is 5.75. The predicted octanol–water partition coefficient (Wildman–Crippen LogP) is -3.87. The van der Waals surface area contributed by atoms with Gasteiger partial charge >= 0.3 is 5.97 Å². The van der Waals surface area contributed by atoms with Crippen LogP contribution in [0.25, 0.3) is 0 Å². The second kappa shape index (κ2) is 5.23. The standard InChI is InChI=1S/C8H15NO8/c10-2-9-4-3(11)1-8(16,7(14)15)17-5(4)6(12)13/h3-6,9-13,16H,1-2H2,(H,14,15). The average Bonchev–Trinajstić information content (AvgIpc) is 2.21. The lowest BCUT2D eigenvalue weighted by molar-refractivity contribution is -0.309. The van der Waals surface area contributed by atoms with Crippen LogP contribution in [0.2, 0.25) is 0 Å². The van der Waals surface area contributed by atoms with Crippen LogP contribution < -0.4 is 5.32 Å². The lowest BCUT2D eigenvalue weighted by Crippen LogP contribution is -2.65. The van der Waals surface area contributed by atoms with E-state index in [1.54, 1.807) is 0 Å². The summed E-state index contributed by atoms with van der Waals surface area (Å²) < 4.78 is 4.65. The second-order valence-corrected chi connectivity index (χ2v) is 3.75. The van der Waals surface area contributed by atoms with Crippen molar-refractivity contribution in [3.05, 3.63) is 0 Å². The molecule has 4 unspecified atom stereocenters. The fourth-order valence-corrected chi connectivity index (χ4v) is 1.72. The summed E-state index contributed by atoms with van der Waals surface area (Å²) >= 11 is 0. The molecule has 0 aromatic carbocycles. The zero-order valence-electron chi connectivity index (χ0n) is 8.72. The fraction of sp³-hybridized carbons (Fsp3) is 0.875. The molecule has 0 radical (unpaired) electrons. The van der Waals surface area contributed by atoms with Crippen LogP contribution >= 0.6 is 0 Å². The first-order valence-electron chi connectivity index (χ1n) is 4.84. The van der Waals surface area contributed by atoms with Gasteiger partial charge in [0.15, 0.2) is 6.29 Å². The van der Waals surface area contributed by atoms with Crippen LogP contribution in [-0.2, 0) is 9.53 Å². The van der Waals surface area contributed by atoms with Gasteiger partial charge in [0.25, 0.3) is 5.79 Å². The van der Waals surface area contributed by atoms with Crippen molar-refractivity contribution < 1.29 is 40.2 Å². The third-order valence-electron chi connectivity index (χ3n) is 2.54. The van der Waals surface area contributed by atoms with Crippen molar-refractivity contribution >= 4 is 5.97 Å². The molecule has 1 fully saturated rings. The van der Waals surface area contributed by atoms with Crippen LogP contribution in [0.5, 0.6) is 0 Å². The van der Waals surface area contributed by atoms with E-state index in [0.717, 1.165) is 0 Å². The zero-order chi connectivity index (χ0) is 13.2. The highest BCUT2D eigenvalue weighted by Gasteiger charge is 2.52. The number of aliphatic hydroxyl groups is 5. The average molecular weight is 253 g/mol. The summed E-state index contributed by atoms with van der Waals surface area (Å²) in [5.74, 6) is -4.44. The lowest BCUT2D eigenvalue weighted by atomic mass is 9.93. The first-order chi connectivity index (χ1) is 7.81. The van der Waals surface area contributed by atoms with Crippen molar-refractivity contribution in [1.82, 2.24) is 5.32 Å². The SMILES string of the molecule is O=C(O)C1(O)CC(O)C(NCO)C(C(O)O)O1. The van der Waals surface area contributed by atoms with E-state index in [0.29, 0.717) is 0 Å². The minimum absolute atomic E-state index is 0.584.